The fraction of sp³-hybridized carbons (Fsp3) is 0.417. The first-order chi connectivity index (χ1) is 23.5. The number of piperazine rings is 1. The summed E-state index contributed by atoms with van der Waals surface area (Å²) >= 11 is 1.29. The van der Waals surface area contributed by atoms with E-state index < -0.39 is 11.7 Å². The molecular weight excluding hydrogens is 644 g/mol. The molecule has 13 heteroatoms. The quantitative estimate of drug-likeness (QED) is 0.259. The maximum absolute atomic E-state index is 13.5. The topological polar surface area (TPSA) is 118 Å². The Labute approximate surface area is 289 Å². The highest BCUT2D eigenvalue weighted by Gasteiger charge is 2.28. The molecule has 6 rings (SSSR count). The Bertz CT molecular complexity index is 1850. The lowest BCUT2D eigenvalue weighted by molar-refractivity contribution is -0.133. The van der Waals surface area contributed by atoms with Crippen LogP contribution >= 0.6 is 11.3 Å². The number of pyridine rings is 1. The average molecular weight is 685 g/mol. The Morgan fingerprint density at radius 1 is 1.06 bits per heavy atom. The fourth-order valence-electron chi connectivity index (χ4n) is 6.25. The van der Waals surface area contributed by atoms with E-state index in [2.05, 4.69) is 38.3 Å². The number of rotatable bonds is 7. The summed E-state index contributed by atoms with van der Waals surface area (Å²) in [7, 11) is 1.92. The van der Waals surface area contributed by atoms with Crippen molar-refractivity contribution in [3.8, 4) is 17.3 Å². The molecule has 1 N–H and O–H groups in total. The summed E-state index contributed by atoms with van der Waals surface area (Å²) in [6, 6.07) is 16.4. The summed E-state index contributed by atoms with van der Waals surface area (Å²) < 4.78 is 18.9. The normalized spacial score (nSPS) is 16.0. The number of hydrogen-bond donors (Lipinski definition) is 1. The molecule has 2 aromatic heterocycles. The summed E-state index contributed by atoms with van der Waals surface area (Å²) in [4.78, 5) is 43.5. The standard InChI is InChI=1S/C36H41FN8O3S/c1-36(2,3)48-35(47)40-26-12-15-45(16-13-26)32(46)23-43-17-19-44(20-18-43)27-9-10-29-28(21-27)30(11-14-39-29)42(4)34-41-33(31(22-38)49-34)24-5-7-25(37)8-6-24/h5-11,14,21,26H,12-13,15-20,23H2,1-4H3,(H,40,47). The van der Waals surface area contributed by atoms with E-state index in [4.69, 9.17) is 9.72 Å². The van der Waals surface area contributed by atoms with E-state index in [0.717, 1.165) is 48.5 Å². The van der Waals surface area contributed by atoms with Gasteiger partial charge in [0.2, 0.25) is 5.91 Å². The van der Waals surface area contributed by atoms with Gasteiger partial charge in [-0.3, -0.25) is 14.7 Å². The summed E-state index contributed by atoms with van der Waals surface area (Å²) in [5, 5.41) is 14.4. The predicted octanol–water partition coefficient (Wildman–Crippen LogP) is 5.77. The molecule has 256 valence electrons. The van der Waals surface area contributed by atoms with Crippen LogP contribution < -0.4 is 15.1 Å². The van der Waals surface area contributed by atoms with Crippen molar-refractivity contribution in [3.63, 3.8) is 0 Å². The number of nitrogens with one attached hydrogen (secondary N) is 1. The Morgan fingerprint density at radius 3 is 2.45 bits per heavy atom. The molecule has 0 atom stereocenters. The van der Waals surface area contributed by atoms with E-state index in [0.29, 0.717) is 53.7 Å². The van der Waals surface area contributed by atoms with Crippen molar-refractivity contribution in [2.75, 3.05) is 62.7 Å². The number of ether oxygens (including phenoxy) is 1. The second kappa shape index (κ2) is 14.4. The van der Waals surface area contributed by atoms with E-state index in [1.54, 1.807) is 18.3 Å². The number of benzene rings is 2. The van der Waals surface area contributed by atoms with E-state index in [-0.39, 0.29) is 17.8 Å². The van der Waals surface area contributed by atoms with Crippen molar-refractivity contribution in [1.82, 2.24) is 25.1 Å². The van der Waals surface area contributed by atoms with Crippen molar-refractivity contribution in [2.45, 2.75) is 45.3 Å². The molecule has 4 aromatic rings. The van der Waals surface area contributed by atoms with Gasteiger partial charge in [0.05, 0.1) is 17.7 Å². The minimum Gasteiger partial charge on any atom is -0.444 e. The average Bonchev–Trinajstić information content (AvgIpc) is 3.52. The molecule has 2 aliphatic heterocycles. The Hall–Kier alpha value is -4.80. The van der Waals surface area contributed by atoms with Crippen LogP contribution in [0.3, 0.4) is 0 Å². The summed E-state index contributed by atoms with van der Waals surface area (Å²) in [5.41, 5.74) is 3.51. The molecule has 0 unspecified atom stereocenters. The van der Waals surface area contributed by atoms with E-state index >= 15 is 0 Å². The van der Waals surface area contributed by atoms with Crippen molar-refractivity contribution < 1.29 is 18.7 Å². The number of likely N-dealkylation sites (tertiary alicyclic amines) is 1. The SMILES string of the molecule is CN(c1nc(-c2ccc(F)cc2)c(C#N)s1)c1ccnc2ccc(N3CCN(CC(=O)N4CCC(NC(=O)OC(C)(C)C)CC4)CC3)cc12. The number of aromatic nitrogens is 2. The number of alkyl carbamates (subject to hydrolysis) is 1. The van der Waals surface area contributed by atoms with Crippen LogP contribution in [0.4, 0.5) is 25.7 Å². The first-order valence-electron chi connectivity index (χ1n) is 16.5. The molecule has 0 saturated carbocycles. The van der Waals surface area contributed by atoms with E-state index in [1.165, 1.54) is 23.5 Å². The number of anilines is 3. The second-order valence-corrected chi connectivity index (χ2v) is 14.4. The molecule has 2 fully saturated rings. The maximum atomic E-state index is 13.5. The van der Waals surface area contributed by atoms with Crippen LogP contribution in [0.15, 0.2) is 54.7 Å². The third-order valence-corrected chi connectivity index (χ3v) is 9.89. The molecule has 0 radical (unpaired) electrons. The molecule has 11 nitrogen and oxygen atoms in total. The number of amides is 2. The highest BCUT2D eigenvalue weighted by Crippen LogP contribution is 2.38. The zero-order valence-corrected chi connectivity index (χ0v) is 29.1. The van der Waals surface area contributed by atoms with Crippen LogP contribution in [0.2, 0.25) is 0 Å². The third-order valence-electron chi connectivity index (χ3n) is 8.85. The van der Waals surface area contributed by atoms with Gasteiger partial charge in [-0.05, 0) is 82.1 Å². The van der Waals surface area contributed by atoms with Crippen molar-refractivity contribution in [1.29, 1.82) is 5.26 Å². The molecule has 0 bridgehead atoms. The fourth-order valence-corrected chi connectivity index (χ4v) is 7.11. The molecule has 49 heavy (non-hydrogen) atoms. The molecule has 2 amide bonds. The van der Waals surface area contributed by atoms with Gasteiger partial charge in [0.1, 0.15) is 28.1 Å². The number of carbonyl (C=O) groups is 2. The van der Waals surface area contributed by atoms with Crippen molar-refractivity contribution in [2.24, 2.45) is 0 Å². The van der Waals surface area contributed by atoms with Crippen LogP contribution in [0, 0.1) is 17.1 Å². The molecular formula is C36H41FN8O3S. The highest BCUT2D eigenvalue weighted by molar-refractivity contribution is 7.16. The molecule has 4 heterocycles. The minimum atomic E-state index is -0.541. The summed E-state index contributed by atoms with van der Waals surface area (Å²) in [6.45, 7) is 10.2. The lowest BCUT2D eigenvalue weighted by Gasteiger charge is -2.38. The molecule has 2 saturated heterocycles. The van der Waals surface area contributed by atoms with Crippen LogP contribution in [0.25, 0.3) is 22.2 Å². The number of nitriles is 1. The van der Waals surface area contributed by atoms with Gasteiger partial charge in [0.15, 0.2) is 5.13 Å². The second-order valence-electron chi connectivity index (χ2n) is 13.4. The first kappa shape index (κ1) is 34.1. The summed E-state index contributed by atoms with van der Waals surface area (Å²) in [6.07, 6.45) is 2.78. The minimum absolute atomic E-state index is 0.00962. The molecule has 0 aliphatic carbocycles. The number of thiazole rings is 1. The van der Waals surface area contributed by atoms with Gasteiger partial charge < -0.3 is 24.8 Å². The predicted molar refractivity (Wildman–Crippen MR) is 190 cm³/mol. The lowest BCUT2D eigenvalue weighted by atomic mass is 10.1. The third kappa shape index (κ3) is 8.09. The molecule has 0 spiro atoms. The number of carbonyl (C=O) groups excluding carboxylic acids is 2. The van der Waals surface area contributed by atoms with Gasteiger partial charge in [-0.15, -0.1) is 0 Å². The molecule has 2 aliphatic rings. The number of piperidine rings is 1. The van der Waals surface area contributed by atoms with Gasteiger partial charge >= 0.3 is 6.09 Å². The van der Waals surface area contributed by atoms with Gasteiger partial charge in [0.25, 0.3) is 0 Å². The van der Waals surface area contributed by atoms with Gasteiger partial charge in [-0.25, -0.2) is 14.2 Å². The smallest absolute Gasteiger partial charge is 0.407 e. The van der Waals surface area contributed by atoms with Crippen LogP contribution in [0.5, 0.6) is 0 Å². The van der Waals surface area contributed by atoms with Gasteiger partial charge in [-0.2, -0.15) is 5.26 Å². The molecule has 2 aromatic carbocycles. The van der Waals surface area contributed by atoms with E-state index in [1.807, 2.05) is 49.8 Å². The zero-order chi connectivity index (χ0) is 34.7. The zero-order valence-electron chi connectivity index (χ0n) is 28.3. The maximum Gasteiger partial charge on any atom is 0.407 e. The summed E-state index contributed by atoms with van der Waals surface area (Å²) in [5.74, 6) is -0.218. The van der Waals surface area contributed by atoms with Gasteiger partial charge in [0, 0.05) is 75.2 Å². The highest BCUT2D eigenvalue weighted by atomic mass is 32.1. The number of nitrogens with zero attached hydrogens (tertiary/aromatic N) is 7. The number of fused-ring (bicyclic) bond motifs is 1. The lowest BCUT2D eigenvalue weighted by Crippen LogP contribution is -2.52. The monoisotopic (exact) mass is 684 g/mol. The Kier molecular flexibility index (Phi) is 9.99. The van der Waals surface area contributed by atoms with E-state index in [9.17, 15) is 19.2 Å². The number of halogens is 1. The first-order valence-corrected chi connectivity index (χ1v) is 17.3. The Morgan fingerprint density at radius 2 is 1.78 bits per heavy atom. The van der Waals surface area contributed by atoms with Crippen molar-refractivity contribution in [3.05, 3.63) is 65.4 Å². The van der Waals surface area contributed by atoms with Gasteiger partial charge in [-0.1, -0.05) is 11.3 Å². The largest absolute Gasteiger partial charge is 0.444 e. The van der Waals surface area contributed by atoms with Crippen molar-refractivity contribution >= 4 is 50.7 Å². The van der Waals surface area contributed by atoms with Crippen LogP contribution in [-0.2, 0) is 9.53 Å². The van der Waals surface area contributed by atoms with Crippen LogP contribution in [-0.4, -0.2) is 96.3 Å². The number of hydrogen-bond acceptors (Lipinski definition) is 10. The Balaban J connectivity index is 1.07. The van der Waals surface area contributed by atoms with Crippen LogP contribution in [0.1, 0.15) is 38.5 Å².